The number of likely N-dealkylation sites (tertiary alicyclic amines) is 1. The lowest BCUT2D eigenvalue weighted by atomic mass is 9.93. The van der Waals surface area contributed by atoms with E-state index in [1.165, 1.54) is 0 Å². The summed E-state index contributed by atoms with van der Waals surface area (Å²) in [6, 6.07) is -0.221. The molecule has 0 radical (unpaired) electrons. The molecule has 114 valence electrons. The van der Waals surface area contributed by atoms with E-state index < -0.39 is 18.3 Å². The molecular formula is C14H29NO4. The van der Waals surface area contributed by atoms with Crippen LogP contribution < -0.4 is 0 Å². The van der Waals surface area contributed by atoms with Gasteiger partial charge in [-0.1, -0.05) is 26.7 Å². The highest BCUT2D eigenvalue weighted by molar-refractivity contribution is 4.95. The molecule has 1 aliphatic rings. The van der Waals surface area contributed by atoms with Crippen molar-refractivity contribution in [3.63, 3.8) is 0 Å². The van der Waals surface area contributed by atoms with Crippen molar-refractivity contribution in [2.75, 3.05) is 26.3 Å². The van der Waals surface area contributed by atoms with Crippen LogP contribution in [0.25, 0.3) is 0 Å². The van der Waals surface area contributed by atoms with Gasteiger partial charge in [0.05, 0.1) is 18.8 Å². The molecule has 19 heavy (non-hydrogen) atoms. The molecule has 0 aromatic heterocycles. The van der Waals surface area contributed by atoms with Crippen molar-refractivity contribution >= 4 is 0 Å². The second-order valence-electron chi connectivity index (χ2n) is 5.35. The van der Waals surface area contributed by atoms with Gasteiger partial charge in [0, 0.05) is 13.2 Å². The fourth-order valence-electron chi connectivity index (χ4n) is 2.55. The van der Waals surface area contributed by atoms with E-state index in [1.54, 1.807) is 0 Å². The summed E-state index contributed by atoms with van der Waals surface area (Å²) in [7, 11) is 0. The molecule has 3 N–H and O–H groups in total. The lowest BCUT2D eigenvalue weighted by Crippen LogP contribution is -2.63. The zero-order valence-electron chi connectivity index (χ0n) is 12.2. The molecule has 0 aliphatic carbocycles. The first kappa shape index (κ1) is 16.9. The van der Waals surface area contributed by atoms with Gasteiger partial charge in [-0.3, -0.25) is 4.90 Å². The van der Waals surface area contributed by atoms with E-state index in [-0.39, 0.29) is 12.6 Å². The number of ether oxygens (including phenoxy) is 1. The van der Waals surface area contributed by atoms with Crippen LogP contribution in [0.4, 0.5) is 0 Å². The molecule has 1 saturated heterocycles. The minimum atomic E-state index is -0.910. The van der Waals surface area contributed by atoms with Crippen molar-refractivity contribution in [1.29, 1.82) is 0 Å². The Bertz CT molecular complexity index is 239. The molecule has 0 unspecified atom stereocenters. The molecule has 1 aliphatic heterocycles. The predicted molar refractivity (Wildman–Crippen MR) is 74.0 cm³/mol. The van der Waals surface area contributed by atoms with Gasteiger partial charge in [0.1, 0.15) is 12.2 Å². The van der Waals surface area contributed by atoms with Crippen LogP contribution in [0.3, 0.4) is 0 Å². The maximum absolute atomic E-state index is 10.1. The molecule has 5 nitrogen and oxygen atoms in total. The van der Waals surface area contributed by atoms with Crippen LogP contribution in [0.1, 0.15) is 39.5 Å². The third kappa shape index (κ3) is 4.68. The van der Waals surface area contributed by atoms with E-state index in [1.807, 2.05) is 4.90 Å². The van der Waals surface area contributed by atoms with Crippen molar-refractivity contribution in [2.45, 2.75) is 63.9 Å². The molecule has 0 spiro atoms. The number of aliphatic hydroxyl groups is 3. The minimum Gasteiger partial charge on any atom is -0.395 e. The average Bonchev–Trinajstić information content (AvgIpc) is 2.41. The number of rotatable bonds is 8. The number of unbranched alkanes of at least 4 members (excludes halogenated alkanes) is 2. The highest BCUT2D eigenvalue weighted by atomic mass is 16.5. The quantitative estimate of drug-likeness (QED) is 0.558. The lowest BCUT2D eigenvalue weighted by molar-refractivity contribution is -0.167. The third-order valence-corrected chi connectivity index (χ3v) is 3.79. The molecule has 0 amide bonds. The first-order valence-electron chi connectivity index (χ1n) is 7.48. The Morgan fingerprint density at radius 2 is 1.84 bits per heavy atom. The highest BCUT2D eigenvalue weighted by Crippen LogP contribution is 2.22. The lowest BCUT2D eigenvalue weighted by Gasteiger charge is -2.45. The summed E-state index contributed by atoms with van der Waals surface area (Å²) in [5, 5.41) is 29.6. The Hall–Kier alpha value is -0.200. The number of piperidine rings is 1. The monoisotopic (exact) mass is 275 g/mol. The normalized spacial score (nSPS) is 32.7. The number of nitrogens with zero attached hydrogens (tertiary/aromatic N) is 1. The van der Waals surface area contributed by atoms with Gasteiger partial charge < -0.3 is 20.1 Å². The van der Waals surface area contributed by atoms with E-state index in [0.717, 1.165) is 32.2 Å². The fraction of sp³-hybridized carbons (Fsp3) is 1.00. The molecule has 1 rings (SSSR count). The van der Waals surface area contributed by atoms with Crippen LogP contribution in [0.2, 0.25) is 0 Å². The SMILES string of the molecule is CCCCO[C@H]1[C@H](O)[C@@H](O)CN(CCCC)[C@@H]1CO. The molecule has 5 heteroatoms. The summed E-state index contributed by atoms with van der Waals surface area (Å²) in [4.78, 5) is 2.04. The summed E-state index contributed by atoms with van der Waals surface area (Å²) in [6.07, 6.45) is 1.81. The van der Waals surface area contributed by atoms with Crippen molar-refractivity contribution in [3.8, 4) is 0 Å². The Balaban J connectivity index is 2.64. The van der Waals surface area contributed by atoms with Crippen molar-refractivity contribution in [2.24, 2.45) is 0 Å². The standard InChI is InChI=1S/C14H29NO4/c1-3-5-7-15-9-12(17)13(18)14(11(15)10-16)19-8-6-4-2/h11-14,16-18H,3-10H2,1-2H3/t11-,12+,13-,14-/m1/s1. The van der Waals surface area contributed by atoms with Crippen LogP contribution in [0.5, 0.6) is 0 Å². The second-order valence-corrected chi connectivity index (χ2v) is 5.35. The topological polar surface area (TPSA) is 73.2 Å². The predicted octanol–water partition coefficient (Wildman–Crippen LogP) is 0.370. The molecule has 0 bridgehead atoms. The maximum Gasteiger partial charge on any atom is 0.109 e. The number of hydrogen-bond donors (Lipinski definition) is 3. The number of aliphatic hydroxyl groups excluding tert-OH is 3. The van der Waals surface area contributed by atoms with Crippen molar-refractivity contribution < 1.29 is 20.1 Å². The van der Waals surface area contributed by atoms with E-state index in [0.29, 0.717) is 13.2 Å². The fourth-order valence-corrected chi connectivity index (χ4v) is 2.55. The van der Waals surface area contributed by atoms with Crippen LogP contribution in [-0.2, 0) is 4.74 Å². The van der Waals surface area contributed by atoms with Gasteiger partial charge in [-0.2, -0.15) is 0 Å². The smallest absolute Gasteiger partial charge is 0.109 e. The zero-order valence-corrected chi connectivity index (χ0v) is 12.2. The largest absolute Gasteiger partial charge is 0.395 e. The van der Waals surface area contributed by atoms with Crippen LogP contribution in [0, 0.1) is 0 Å². The molecule has 1 heterocycles. The van der Waals surface area contributed by atoms with Crippen LogP contribution in [0.15, 0.2) is 0 Å². The van der Waals surface area contributed by atoms with Gasteiger partial charge >= 0.3 is 0 Å². The Morgan fingerprint density at radius 1 is 1.16 bits per heavy atom. The van der Waals surface area contributed by atoms with Crippen LogP contribution >= 0.6 is 0 Å². The molecule has 1 fully saturated rings. The molecule has 0 saturated carbocycles. The van der Waals surface area contributed by atoms with Gasteiger partial charge in [-0.15, -0.1) is 0 Å². The number of hydrogen-bond acceptors (Lipinski definition) is 5. The Kier molecular flexibility index (Phi) is 7.87. The summed E-state index contributed by atoms with van der Waals surface area (Å²) in [6.45, 7) is 5.91. The van der Waals surface area contributed by atoms with Gasteiger partial charge in [0.2, 0.25) is 0 Å². The van der Waals surface area contributed by atoms with Crippen molar-refractivity contribution in [1.82, 2.24) is 4.90 Å². The van der Waals surface area contributed by atoms with E-state index >= 15 is 0 Å². The first-order valence-corrected chi connectivity index (χ1v) is 7.48. The van der Waals surface area contributed by atoms with Gasteiger partial charge in [-0.25, -0.2) is 0 Å². The summed E-state index contributed by atoms with van der Waals surface area (Å²) >= 11 is 0. The Morgan fingerprint density at radius 3 is 2.42 bits per heavy atom. The zero-order chi connectivity index (χ0) is 14.3. The Labute approximate surface area is 116 Å². The van der Waals surface area contributed by atoms with Gasteiger partial charge in [0.25, 0.3) is 0 Å². The minimum absolute atomic E-state index is 0.0513. The van der Waals surface area contributed by atoms with Gasteiger partial charge in [-0.05, 0) is 19.4 Å². The summed E-state index contributed by atoms with van der Waals surface area (Å²) in [5.74, 6) is 0. The van der Waals surface area contributed by atoms with Gasteiger partial charge in [0.15, 0.2) is 0 Å². The van der Waals surface area contributed by atoms with Crippen molar-refractivity contribution in [3.05, 3.63) is 0 Å². The van der Waals surface area contributed by atoms with E-state index in [2.05, 4.69) is 13.8 Å². The van der Waals surface area contributed by atoms with Crippen LogP contribution in [-0.4, -0.2) is 70.9 Å². The first-order chi connectivity index (χ1) is 9.15. The molecular weight excluding hydrogens is 246 g/mol. The van der Waals surface area contributed by atoms with E-state index in [9.17, 15) is 15.3 Å². The summed E-state index contributed by atoms with van der Waals surface area (Å²) < 4.78 is 5.71. The average molecular weight is 275 g/mol. The molecule has 0 aromatic rings. The summed E-state index contributed by atoms with van der Waals surface area (Å²) in [5.41, 5.74) is 0. The second kappa shape index (κ2) is 8.87. The third-order valence-electron chi connectivity index (χ3n) is 3.79. The van der Waals surface area contributed by atoms with E-state index in [4.69, 9.17) is 4.74 Å². The highest BCUT2D eigenvalue weighted by Gasteiger charge is 2.42. The molecule has 0 aromatic carbocycles. The maximum atomic E-state index is 10.1. The molecule has 4 atom stereocenters. The number of β-amino-alcohol motifs (C(OH)–C–C–N with tert-alkyl or cyclic N) is 1.